The fourth-order valence-electron chi connectivity index (χ4n) is 2.97. The Kier molecular flexibility index (Phi) is 13.5. The van der Waals surface area contributed by atoms with Crippen LogP contribution in [-0.4, -0.2) is 14.3 Å². The van der Waals surface area contributed by atoms with E-state index in [2.05, 4.69) is 32.9 Å². The number of carbonyl (C=O) groups excluding carboxylic acids is 1. The minimum absolute atomic E-state index is 0.0305. The molecule has 0 aromatic rings. The topological polar surface area (TPSA) is 26.3 Å². The van der Waals surface area contributed by atoms with Crippen molar-refractivity contribution in [3.05, 3.63) is 12.2 Å². The lowest BCUT2D eigenvalue weighted by Crippen LogP contribution is -2.41. The summed E-state index contributed by atoms with van der Waals surface area (Å²) in [5.74, 6) is 0.104. The highest BCUT2D eigenvalue weighted by Crippen LogP contribution is 2.31. The standard InChI is InChI=1S/C20H40O2Si/c1-6-10-14-15-19(5)20(21)22-23(16-11-7-2,17-12-8-3)18-13-9-4/h6,10,19H,7-9,11-18H2,1-5H3. The summed E-state index contributed by atoms with van der Waals surface area (Å²) in [6.07, 6.45) is 13.3. The molecule has 0 radical (unpaired) electrons. The fraction of sp³-hybridized carbons (Fsp3) is 0.850. The summed E-state index contributed by atoms with van der Waals surface area (Å²) in [5.41, 5.74) is 0. The third-order valence-electron chi connectivity index (χ3n) is 4.68. The van der Waals surface area contributed by atoms with E-state index in [4.69, 9.17) is 4.43 Å². The highest BCUT2D eigenvalue weighted by atomic mass is 28.4. The second kappa shape index (κ2) is 13.8. The van der Waals surface area contributed by atoms with Gasteiger partial charge < -0.3 is 4.43 Å². The molecule has 0 saturated carbocycles. The van der Waals surface area contributed by atoms with Crippen molar-refractivity contribution in [1.82, 2.24) is 0 Å². The summed E-state index contributed by atoms with van der Waals surface area (Å²) in [7, 11) is -1.90. The van der Waals surface area contributed by atoms with Crippen LogP contribution in [0.25, 0.3) is 0 Å². The lowest BCUT2D eigenvalue weighted by atomic mass is 10.1. The predicted molar refractivity (Wildman–Crippen MR) is 104 cm³/mol. The van der Waals surface area contributed by atoms with Crippen LogP contribution in [0.4, 0.5) is 0 Å². The Labute approximate surface area is 146 Å². The zero-order valence-electron chi connectivity index (χ0n) is 16.3. The van der Waals surface area contributed by atoms with Gasteiger partial charge in [0.05, 0.1) is 5.92 Å². The van der Waals surface area contributed by atoms with E-state index in [9.17, 15) is 4.79 Å². The van der Waals surface area contributed by atoms with Crippen molar-refractivity contribution in [2.45, 2.75) is 104 Å². The molecule has 0 heterocycles. The number of allylic oxidation sites excluding steroid dienone is 2. The van der Waals surface area contributed by atoms with E-state index in [1.807, 2.05) is 13.8 Å². The monoisotopic (exact) mass is 340 g/mol. The van der Waals surface area contributed by atoms with Crippen LogP contribution in [0.3, 0.4) is 0 Å². The molecule has 0 aliphatic rings. The predicted octanol–water partition coefficient (Wildman–Crippen LogP) is 6.87. The molecule has 3 heteroatoms. The van der Waals surface area contributed by atoms with Crippen molar-refractivity contribution in [3.8, 4) is 0 Å². The second-order valence-corrected chi connectivity index (χ2v) is 11.0. The maximum Gasteiger partial charge on any atom is 0.295 e. The summed E-state index contributed by atoms with van der Waals surface area (Å²) in [4.78, 5) is 12.6. The Balaban J connectivity index is 4.87. The number of hydrogen-bond acceptors (Lipinski definition) is 2. The number of hydrogen-bond donors (Lipinski definition) is 0. The van der Waals surface area contributed by atoms with Gasteiger partial charge in [-0.3, -0.25) is 4.79 Å². The van der Waals surface area contributed by atoms with E-state index in [1.54, 1.807) is 0 Å². The van der Waals surface area contributed by atoms with Gasteiger partial charge in [-0.25, -0.2) is 0 Å². The van der Waals surface area contributed by atoms with Crippen LogP contribution in [0.5, 0.6) is 0 Å². The first kappa shape index (κ1) is 22.4. The van der Waals surface area contributed by atoms with Crippen LogP contribution in [0, 0.1) is 5.92 Å². The van der Waals surface area contributed by atoms with Crippen LogP contribution in [0.1, 0.15) is 86.0 Å². The van der Waals surface area contributed by atoms with E-state index in [0.29, 0.717) is 0 Å². The molecular weight excluding hydrogens is 300 g/mol. The van der Waals surface area contributed by atoms with Gasteiger partial charge in [-0.05, 0) is 37.9 Å². The highest BCUT2D eigenvalue weighted by molar-refractivity contribution is 6.75. The molecule has 0 spiro atoms. The average Bonchev–Trinajstić information content (AvgIpc) is 2.56. The van der Waals surface area contributed by atoms with Crippen LogP contribution < -0.4 is 0 Å². The van der Waals surface area contributed by atoms with Crippen molar-refractivity contribution in [3.63, 3.8) is 0 Å². The molecule has 2 nitrogen and oxygen atoms in total. The van der Waals surface area contributed by atoms with Gasteiger partial charge >= 0.3 is 0 Å². The van der Waals surface area contributed by atoms with Gasteiger partial charge in [-0.1, -0.05) is 78.4 Å². The minimum atomic E-state index is -1.90. The number of carbonyl (C=O) groups is 1. The lowest BCUT2D eigenvalue weighted by Gasteiger charge is -2.32. The first-order chi connectivity index (χ1) is 11.0. The van der Waals surface area contributed by atoms with Gasteiger partial charge in [-0.2, -0.15) is 0 Å². The van der Waals surface area contributed by atoms with Crippen LogP contribution >= 0.6 is 0 Å². The van der Waals surface area contributed by atoms with Gasteiger partial charge in [0.15, 0.2) is 0 Å². The normalized spacial score (nSPS) is 13.4. The Bertz CT molecular complexity index is 304. The van der Waals surface area contributed by atoms with E-state index in [-0.39, 0.29) is 11.9 Å². The van der Waals surface area contributed by atoms with Crippen molar-refractivity contribution in [1.29, 1.82) is 0 Å². The van der Waals surface area contributed by atoms with Gasteiger partial charge in [-0.15, -0.1) is 0 Å². The van der Waals surface area contributed by atoms with Gasteiger partial charge in [0.2, 0.25) is 0 Å². The molecule has 1 unspecified atom stereocenters. The first-order valence-electron chi connectivity index (χ1n) is 9.89. The summed E-state index contributed by atoms with van der Waals surface area (Å²) < 4.78 is 6.31. The maximum absolute atomic E-state index is 12.6. The molecular formula is C20H40O2Si. The van der Waals surface area contributed by atoms with Crippen molar-refractivity contribution in [2.75, 3.05) is 0 Å². The molecule has 0 amide bonds. The summed E-state index contributed by atoms with van der Waals surface area (Å²) >= 11 is 0. The largest absolute Gasteiger partial charge is 0.519 e. The molecule has 0 N–H and O–H groups in total. The molecule has 0 aliphatic heterocycles. The molecule has 0 fully saturated rings. The number of unbranched alkanes of at least 4 members (excludes halogenated alkanes) is 3. The summed E-state index contributed by atoms with van der Waals surface area (Å²) in [6.45, 7) is 10.8. The molecule has 136 valence electrons. The van der Waals surface area contributed by atoms with Gasteiger partial charge in [0, 0.05) is 0 Å². The van der Waals surface area contributed by atoms with Crippen LogP contribution in [0.2, 0.25) is 18.1 Å². The molecule has 0 aromatic heterocycles. The third kappa shape index (κ3) is 10.0. The highest BCUT2D eigenvalue weighted by Gasteiger charge is 2.37. The zero-order valence-corrected chi connectivity index (χ0v) is 17.3. The zero-order chi connectivity index (χ0) is 17.6. The van der Waals surface area contributed by atoms with Gasteiger partial charge in [0.25, 0.3) is 14.3 Å². The Morgan fingerprint density at radius 1 is 1.00 bits per heavy atom. The molecule has 0 rings (SSSR count). The molecule has 1 atom stereocenters. The maximum atomic E-state index is 12.6. The SMILES string of the molecule is CC=CCCC(C)C(=O)O[Si](CCCC)(CCCC)CCCC. The molecule has 0 aromatic carbocycles. The smallest absolute Gasteiger partial charge is 0.295 e. The van der Waals surface area contributed by atoms with E-state index in [0.717, 1.165) is 31.0 Å². The van der Waals surface area contributed by atoms with Gasteiger partial charge in [0.1, 0.15) is 0 Å². The molecule has 0 aliphatic carbocycles. The van der Waals surface area contributed by atoms with E-state index >= 15 is 0 Å². The van der Waals surface area contributed by atoms with Crippen molar-refractivity contribution in [2.24, 2.45) is 5.92 Å². The quantitative estimate of drug-likeness (QED) is 0.255. The molecule has 0 bridgehead atoms. The third-order valence-corrected chi connectivity index (χ3v) is 9.11. The lowest BCUT2D eigenvalue weighted by molar-refractivity contribution is -0.139. The van der Waals surface area contributed by atoms with Crippen molar-refractivity contribution >= 4 is 14.3 Å². The van der Waals surface area contributed by atoms with Crippen molar-refractivity contribution < 1.29 is 9.22 Å². The Hall–Kier alpha value is -0.573. The van der Waals surface area contributed by atoms with Crippen LogP contribution in [-0.2, 0) is 9.22 Å². The Morgan fingerprint density at radius 2 is 1.48 bits per heavy atom. The fourth-order valence-corrected chi connectivity index (χ4v) is 7.65. The average molecular weight is 341 g/mol. The first-order valence-corrected chi connectivity index (χ1v) is 12.4. The number of rotatable bonds is 14. The van der Waals surface area contributed by atoms with E-state index < -0.39 is 8.32 Å². The summed E-state index contributed by atoms with van der Waals surface area (Å²) in [6, 6.07) is 3.49. The minimum Gasteiger partial charge on any atom is -0.519 e. The Morgan fingerprint density at radius 3 is 1.87 bits per heavy atom. The van der Waals surface area contributed by atoms with Crippen LogP contribution in [0.15, 0.2) is 12.2 Å². The summed E-state index contributed by atoms with van der Waals surface area (Å²) in [5, 5.41) is 0. The molecule has 0 saturated heterocycles. The van der Waals surface area contributed by atoms with E-state index in [1.165, 1.54) is 38.5 Å². The second-order valence-electron chi connectivity index (χ2n) is 6.96. The molecule has 23 heavy (non-hydrogen) atoms.